The van der Waals surface area contributed by atoms with Crippen LogP contribution in [-0.4, -0.2) is 91.0 Å². The number of fused-ring (bicyclic) bond motifs is 1. The van der Waals surface area contributed by atoms with E-state index in [1.807, 2.05) is 13.8 Å². The summed E-state index contributed by atoms with van der Waals surface area (Å²) < 4.78 is 12.9. The van der Waals surface area contributed by atoms with Crippen molar-refractivity contribution in [3.05, 3.63) is 23.8 Å². The number of aliphatic hydroxyl groups is 1. The molecular weight excluding hydrogens is 568 g/mol. The first-order chi connectivity index (χ1) is 21.7. The Kier molecular flexibility index (Phi) is 14.3. The molecule has 0 saturated heterocycles. The molecule has 3 aliphatic rings. The number of carbonyl (C=O) groups excluding carboxylic acids is 2. The van der Waals surface area contributed by atoms with Gasteiger partial charge in [-0.25, -0.2) is 4.79 Å². The van der Waals surface area contributed by atoms with Crippen LogP contribution in [0.5, 0.6) is 5.75 Å². The summed E-state index contributed by atoms with van der Waals surface area (Å²) >= 11 is 0. The van der Waals surface area contributed by atoms with E-state index >= 15 is 0 Å². The molecule has 2 fully saturated rings. The van der Waals surface area contributed by atoms with Crippen LogP contribution < -0.4 is 15.4 Å². The number of aliphatic hydroxyl groups excluding tert-OH is 1. The van der Waals surface area contributed by atoms with Gasteiger partial charge in [0.2, 0.25) is 0 Å². The summed E-state index contributed by atoms with van der Waals surface area (Å²) in [6.45, 7) is 8.92. The third kappa shape index (κ3) is 11.1. The molecule has 9 heteroatoms. The number of nitrogens with zero attached hydrogens (tertiary/aromatic N) is 2. The van der Waals surface area contributed by atoms with Gasteiger partial charge in [0.25, 0.3) is 5.91 Å². The molecule has 0 bridgehead atoms. The van der Waals surface area contributed by atoms with E-state index < -0.39 is 6.04 Å². The molecule has 0 aromatic heterocycles. The minimum Gasteiger partial charge on any atom is -0.490 e. The number of hydrogen-bond donors (Lipinski definition) is 3. The van der Waals surface area contributed by atoms with Gasteiger partial charge in [-0.3, -0.25) is 4.79 Å². The zero-order valence-corrected chi connectivity index (χ0v) is 28.4. The van der Waals surface area contributed by atoms with Crippen molar-refractivity contribution in [2.45, 2.75) is 129 Å². The second-order valence-corrected chi connectivity index (χ2v) is 14.2. The van der Waals surface area contributed by atoms with Crippen LogP contribution in [0.4, 0.5) is 10.5 Å². The van der Waals surface area contributed by atoms with E-state index in [0.717, 1.165) is 64.0 Å². The lowest BCUT2D eigenvalue weighted by atomic mass is 9.89. The van der Waals surface area contributed by atoms with E-state index in [0.29, 0.717) is 30.2 Å². The summed E-state index contributed by atoms with van der Waals surface area (Å²) in [4.78, 5) is 31.4. The van der Waals surface area contributed by atoms with Crippen LogP contribution in [0.3, 0.4) is 0 Å². The van der Waals surface area contributed by atoms with E-state index in [1.54, 1.807) is 23.1 Å². The fourth-order valence-electron chi connectivity index (χ4n) is 7.25. The first-order valence-corrected chi connectivity index (χ1v) is 17.8. The highest BCUT2D eigenvalue weighted by Crippen LogP contribution is 2.29. The molecule has 0 unspecified atom stereocenters. The molecule has 3 amide bonds. The topological polar surface area (TPSA) is 103 Å². The molecule has 1 heterocycles. The predicted molar refractivity (Wildman–Crippen MR) is 180 cm³/mol. The fourth-order valence-corrected chi connectivity index (χ4v) is 7.25. The van der Waals surface area contributed by atoms with Gasteiger partial charge in [-0.05, 0) is 90.0 Å². The lowest BCUT2D eigenvalue weighted by molar-refractivity contribution is -0.0190. The highest BCUT2D eigenvalue weighted by atomic mass is 16.5. The number of carbonyl (C=O) groups is 2. The average Bonchev–Trinajstić information content (AvgIpc) is 3.03. The first-order valence-electron chi connectivity index (χ1n) is 17.8. The van der Waals surface area contributed by atoms with Gasteiger partial charge < -0.3 is 35.0 Å². The number of benzene rings is 1. The van der Waals surface area contributed by atoms with Gasteiger partial charge in [-0.15, -0.1) is 0 Å². The van der Waals surface area contributed by atoms with Crippen LogP contribution in [-0.2, 0) is 4.74 Å². The minimum absolute atomic E-state index is 0.0349. The molecular formula is C36H60N4O5. The van der Waals surface area contributed by atoms with Crippen LogP contribution in [0.2, 0.25) is 0 Å². The molecule has 0 spiro atoms. The van der Waals surface area contributed by atoms with Crippen LogP contribution in [0.15, 0.2) is 18.2 Å². The maximum atomic E-state index is 14.4. The molecule has 45 heavy (non-hydrogen) atoms. The van der Waals surface area contributed by atoms with Crippen molar-refractivity contribution in [3.8, 4) is 5.75 Å². The van der Waals surface area contributed by atoms with E-state index in [1.165, 1.54) is 38.5 Å². The summed E-state index contributed by atoms with van der Waals surface area (Å²) in [5.74, 6) is 1.08. The largest absolute Gasteiger partial charge is 0.490 e. The summed E-state index contributed by atoms with van der Waals surface area (Å²) in [6, 6.07) is 4.85. The predicted octanol–water partition coefficient (Wildman–Crippen LogP) is 6.45. The Morgan fingerprint density at radius 1 is 1.00 bits per heavy atom. The van der Waals surface area contributed by atoms with Gasteiger partial charge in [0, 0.05) is 43.9 Å². The lowest BCUT2D eigenvalue weighted by Gasteiger charge is -2.36. The van der Waals surface area contributed by atoms with Gasteiger partial charge in [0.05, 0.1) is 30.4 Å². The molecule has 1 aromatic carbocycles. The van der Waals surface area contributed by atoms with E-state index in [9.17, 15) is 14.7 Å². The second kappa shape index (κ2) is 18.1. The van der Waals surface area contributed by atoms with Crippen molar-refractivity contribution in [1.29, 1.82) is 0 Å². The van der Waals surface area contributed by atoms with Crippen LogP contribution in [0.1, 0.15) is 115 Å². The monoisotopic (exact) mass is 628 g/mol. The van der Waals surface area contributed by atoms with Crippen molar-refractivity contribution < 1.29 is 24.2 Å². The van der Waals surface area contributed by atoms with Crippen molar-refractivity contribution in [2.75, 3.05) is 45.2 Å². The number of rotatable bonds is 8. The van der Waals surface area contributed by atoms with Crippen molar-refractivity contribution >= 4 is 17.6 Å². The molecule has 2 aliphatic carbocycles. The molecule has 9 nitrogen and oxygen atoms in total. The molecule has 0 radical (unpaired) electrons. The molecule has 4 atom stereocenters. The smallest absolute Gasteiger partial charge is 0.319 e. The van der Waals surface area contributed by atoms with Gasteiger partial charge in [-0.2, -0.15) is 0 Å². The van der Waals surface area contributed by atoms with E-state index in [-0.39, 0.29) is 42.7 Å². The lowest BCUT2D eigenvalue weighted by Crippen LogP contribution is -2.47. The maximum absolute atomic E-state index is 14.4. The fraction of sp³-hybridized carbons (Fsp3) is 0.778. The molecule has 3 N–H and O–H groups in total. The van der Waals surface area contributed by atoms with Crippen molar-refractivity contribution in [2.24, 2.45) is 11.8 Å². The van der Waals surface area contributed by atoms with Crippen LogP contribution >= 0.6 is 0 Å². The Hall–Kier alpha value is -2.36. The molecule has 254 valence electrons. The Balaban J connectivity index is 1.54. The summed E-state index contributed by atoms with van der Waals surface area (Å²) in [5, 5.41) is 16.3. The summed E-state index contributed by atoms with van der Waals surface area (Å²) in [7, 11) is 2.20. The van der Waals surface area contributed by atoms with Gasteiger partial charge >= 0.3 is 6.03 Å². The molecule has 2 saturated carbocycles. The Bertz CT molecular complexity index is 1060. The van der Waals surface area contributed by atoms with Gasteiger partial charge in [0.1, 0.15) is 5.75 Å². The van der Waals surface area contributed by atoms with Crippen molar-refractivity contribution in [1.82, 2.24) is 15.1 Å². The Labute approximate surface area is 271 Å². The average molecular weight is 629 g/mol. The highest BCUT2D eigenvalue weighted by molar-refractivity contribution is 5.99. The number of hydrogen-bond acceptors (Lipinski definition) is 6. The highest BCUT2D eigenvalue weighted by Gasteiger charge is 2.31. The standard InChI is InChI=1S/C36H60N4O5/c1-26-22-40(27(2)25-41)35(42)32-21-31(38-36(43)37-30-16-9-6-10-17-30)18-19-33(32)45-28(3)13-11-12-20-44-34(26)24-39(4)23-29-14-7-5-8-15-29/h18-19,21,26-30,34,41H,5-17,20,22-25H2,1-4H3,(H2,37,38,43)/t26-,27+,28+,34-/m1/s1. The number of likely N-dealkylation sites (N-methyl/N-ethyl adjacent to an activating group) is 1. The van der Waals surface area contributed by atoms with Gasteiger partial charge in [-0.1, -0.05) is 45.4 Å². The van der Waals surface area contributed by atoms with E-state index in [4.69, 9.17) is 9.47 Å². The second-order valence-electron chi connectivity index (χ2n) is 14.2. The zero-order valence-electron chi connectivity index (χ0n) is 28.4. The number of anilines is 1. The summed E-state index contributed by atoms with van der Waals surface area (Å²) in [6.07, 6.45) is 14.7. The SMILES string of the molecule is C[C@@H]1CN([C@@H](C)CO)C(=O)c2cc(NC(=O)NC3CCCCC3)ccc2O[C@@H](C)CCCCO[C@@H]1CN(C)CC1CCCCC1. The normalized spacial score (nSPS) is 25.6. The third-order valence-electron chi connectivity index (χ3n) is 10.0. The maximum Gasteiger partial charge on any atom is 0.319 e. The third-order valence-corrected chi connectivity index (χ3v) is 10.0. The van der Waals surface area contributed by atoms with Gasteiger partial charge in [0.15, 0.2) is 0 Å². The summed E-state index contributed by atoms with van der Waals surface area (Å²) in [5.41, 5.74) is 0.941. The number of amides is 3. The molecule has 1 aromatic rings. The Morgan fingerprint density at radius 2 is 1.69 bits per heavy atom. The molecule has 4 rings (SSSR count). The quantitative estimate of drug-likeness (QED) is 0.306. The van der Waals surface area contributed by atoms with Crippen LogP contribution in [0, 0.1) is 11.8 Å². The Morgan fingerprint density at radius 3 is 2.40 bits per heavy atom. The zero-order chi connectivity index (χ0) is 32.2. The minimum atomic E-state index is -0.398. The van der Waals surface area contributed by atoms with Crippen molar-refractivity contribution in [3.63, 3.8) is 0 Å². The molecule has 1 aliphatic heterocycles. The van der Waals surface area contributed by atoms with E-state index in [2.05, 4.69) is 29.5 Å². The number of ether oxygens (including phenoxy) is 2. The number of urea groups is 1. The number of nitrogens with one attached hydrogen (secondary N) is 2. The first kappa shape index (κ1) is 35.5. The van der Waals surface area contributed by atoms with Crippen LogP contribution in [0.25, 0.3) is 0 Å².